The second kappa shape index (κ2) is 10.2. The average Bonchev–Trinajstić information content (AvgIpc) is 2.84. The van der Waals surface area contributed by atoms with Gasteiger partial charge < -0.3 is 19.9 Å². The highest BCUT2D eigenvalue weighted by Gasteiger charge is 2.27. The zero-order valence-electron chi connectivity index (χ0n) is 17.5. The van der Waals surface area contributed by atoms with Crippen LogP contribution in [0.4, 0.5) is 4.39 Å². The van der Waals surface area contributed by atoms with Crippen LogP contribution in [0.5, 0.6) is 11.5 Å². The van der Waals surface area contributed by atoms with Crippen LogP contribution in [0.25, 0.3) is 11.1 Å². The van der Waals surface area contributed by atoms with Crippen LogP contribution in [0.1, 0.15) is 28.0 Å². The fraction of sp³-hybridized carbons (Fsp3) is 0.292. The van der Waals surface area contributed by atoms with Crippen molar-refractivity contribution in [2.45, 2.75) is 25.5 Å². The summed E-state index contributed by atoms with van der Waals surface area (Å²) in [5.74, 6) is 1.08. The van der Waals surface area contributed by atoms with Gasteiger partial charge in [0.2, 0.25) is 0 Å². The third-order valence-electron chi connectivity index (χ3n) is 5.19. The molecular formula is C24H24FN3O4. The minimum Gasteiger partial charge on any atom is -0.493 e. The van der Waals surface area contributed by atoms with Gasteiger partial charge in [-0.25, -0.2) is 0 Å². The molecule has 2 N–H and O–H groups in total. The number of carbonyl (C=O) groups excluding carboxylic acids is 1. The highest BCUT2D eigenvalue weighted by Crippen LogP contribution is 2.41. The molecule has 0 bridgehead atoms. The van der Waals surface area contributed by atoms with Crippen LogP contribution in [0.2, 0.25) is 0 Å². The molecule has 0 spiro atoms. The first kappa shape index (κ1) is 21.7. The first-order chi connectivity index (χ1) is 15.7. The van der Waals surface area contributed by atoms with Crippen molar-refractivity contribution >= 4 is 5.91 Å². The Balaban J connectivity index is 1.64. The van der Waals surface area contributed by atoms with Gasteiger partial charge in [-0.2, -0.15) is 0 Å². The molecule has 3 aromatic rings. The van der Waals surface area contributed by atoms with E-state index in [0.29, 0.717) is 42.2 Å². The summed E-state index contributed by atoms with van der Waals surface area (Å²) in [6.45, 7) is -0.0359. The number of carbonyl (C=O) groups is 1. The van der Waals surface area contributed by atoms with E-state index < -0.39 is 6.67 Å². The second-order valence-electron chi connectivity index (χ2n) is 7.43. The molecule has 32 heavy (non-hydrogen) atoms. The minimum absolute atomic E-state index is 0.154. The van der Waals surface area contributed by atoms with Crippen LogP contribution in [-0.2, 0) is 13.0 Å². The number of aromatic nitrogens is 2. The zero-order valence-corrected chi connectivity index (χ0v) is 17.5. The number of aliphatic hydroxyl groups excluding tert-OH is 1. The maximum atomic E-state index is 12.6. The van der Waals surface area contributed by atoms with Crippen LogP contribution in [0.3, 0.4) is 0 Å². The molecule has 0 fully saturated rings. The Labute approximate surface area is 185 Å². The Hall–Kier alpha value is -3.52. The quantitative estimate of drug-likeness (QED) is 0.526. The number of hydrogen-bond donors (Lipinski definition) is 2. The molecule has 8 heteroatoms. The number of benzene rings is 1. The highest BCUT2D eigenvalue weighted by atomic mass is 19.1. The standard InChI is InChI=1S/C24H24FN3O4/c25-8-2-10-31-22-7-6-21-20(23(22)16-4-5-18(14-29)27-13-16)11-19(15-32-21)28-24(30)17-3-1-9-26-12-17/h1,3-7,9,12-13,19,29H,2,8,10-11,14-15H2,(H,28,30)/t19-/m0/s1. The van der Waals surface area contributed by atoms with E-state index >= 15 is 0 Å². The number of hydrogen-bond acceptors (Lipinski definition) is 6. The molecule has 3 heterocycles. The van der Waals surface area contributed by atoms with Gasteiger partial charge in [0.05, 0.1) is 37.2 Å². The van der Waals surface area contributed by atoms with E-state index in [0.717, 1.165) is 16.7 Å². The second-order valence-corrected chi connectivity index (χ2v) is 7.43. The molecule has 1 amide bonds. The first-order valence-electron chi connectivity index (χ1n) is 10.4. The number of aliphatic hydroxyl groups is 1. The number of fused-ring (bicyclic) bond motifs is 1. The normalized spacial score (nSPS) is 14.9. The molecule has 1 aromatic carbocycles. The van der Waals surface area contributed by atoms with Gasteiger partial charge in [-0.15, -0.1) is 0 Å². The molecule has 7 nitrogen and oxygen atoms in total. The van der Waals surface area contributed by atoms with Crippen molar-refractivity contribution in [1.82, 2.24) is 15.3 Å². The third kappa shape index (κ3) is 4.86. The summed E-state index contributed by atoms with van der Waals surface area (Å²) in [6.07, 6.45) is 5.62. The van der Waals surface area contributed by atoms with E-state index in [9.17, 15) is 14.3 Å². The lowest BCUT2D eigenvalue weighted by atomic mass is 9.92. The van der Waals surface area contributed by atoms with E-state index in [2.05, 4.69) is 15.3 Å². The maximum Gasteiger partial charge on any atom is 0.253 e. The van der Waals surface area contributed by atoms with Crippen molar-refractivity contribution in [2.75, 3.05) is 19.9 Å². The van der Waals surface area contributed by atoms with Gasteiger partial charge in [-0.1, -0.05) is 6.07 Å². The van der Waals surface area contributed by atoms with E-state index in [4.69, 9.17) is 9.47 Å². The van der Waals surface area contributed by atoms with Crippen LogP contribution >= 0.6 is 0 Å². The minimum atomic E-state index is -0.460. The molecule has 2 aromatic heterocycles. The number of ether oxygens (including phenoxy) is 2. The third-order valence-corrected chi connectivity index (χ3v) is 5.19. The summed E-state index contributed by atoms with van der Waals surface area (Å²) in [4.78, 5) is 20.9. The van der Waals surface area contributed by atoms with Gasteiger partial charge in [-0.3, -0.25) is 19.2 Å². The Morgan fingerprint density at radius 3 is 2.88 bits per heavy atom. The van der Waals surface area contributed by atoms with Crippen LogP contribution in [0, 0.1) is 0 Å². The van der Waals surface area contributed by atoms with E-state index in [1.54, 1.807) is 36.7 Å². The Bertz CT molecular complexity index is 1060. The molecule has 0 radical (unpaired) electrons. The SMILES string of the molecule is O=C(N[C@@H]1COc2ccc(OCCCF)c(-c3ccc(CO)nc3)c2C1)c1cccnc1. The molecule has 166 valence electrons. The fourth-order valence-electron chi connectivity index (χ4n) is 3.64. The topological polar surface area (TPSA) is 93.6 Å². The largest absolute Gasteiger partial charge is 0.493 e. The first-order valence-corrected chi connectivity index (χ1v) is 10.4. The molecule has 0 aliphatic carbocycles. The van der Waals surface area contributed by atoms with Crippen molar-refractivity contribution < 1.29 is 23.8 Å². The average molecular weight is 437 g/mol. The van der Waals surface area contributed by atoms with Crippen LogP contribution in [0.15, 0.2) is 55.0 Å². The number of halogens is 1. The molecule has 1 atom stereocenters. The molecule has 0 unspecified atom stereocenters. The number of alkyl halides is 1. The molecule has 0 saturated heterocycles. The summed E-state index contributed by atoms with van der Waals surface area (Å²) in [6, 6.07) is 10.4. The summed E-state index contributed by atoms with van der Waals surface area (Å²) < 4.78 is 24.4. The zero-order chi connectivity index (χ0) is 22.3. The highest BCUT2D eigenvalue weighted by molar-refractivity contribution is 5.94. The summed E-state index contributed by atoms with van der Waals surface area (Å²) in [5, 5.41) is 12.3. The number of nitrogens with one attached hydrogen (secondary N) is 1. The van der Waals surface area contributed by atoms with Gasteiger partial charge in [-0.05, 0) is 30.3 Å². The van der Waals surface area contributed by atoms with Crippen molar-refractivity contribution in [3.8, 4) is 22.6 Å². The smallest absolute Gasteiger partial charge is 0.253 e. The summed E-state index contributed by atoms with van der Waals surface area (Å²) in [7, 11) is 0. The molecule has 1 aliphatic rings. The van der Waals surface area contributed by atoms with Crippen molar-refractivity contribution in [3.05, 3.63) is 71.8 Å². The van der Waals surface area contributed by atoms with E-state index in [1.165, 1.54) is 6.20 Å². The lowest BCUT2D eigenvalue weighted by Gasteiger charge is -2.29. The van der Waals surface area contributed by atoms with Crippen LogP contribution in [-0.4, -0.2) is 46.9 Å². The van der Waals surface area contributed by atoms with Gasteiger partial charge in [0.1, 0.15) is 18.1 Å². The van der Waals surface area contributed by atoms with E-state index in [-0.39, 0.29) is 25.2 Å². The number of amides is 1. The van der Waals surface area contributed by atoms with Gasteiger partial charge in [0.15, 0.2) is 0 Å². The Morgan fingerprint density at radius 2 is 2.16 bits per heavy atom. The molecule has 4 rings (SSSR count). The number of nitrogens with zero attached hydrogens (tertiary/aromatic N) is 2. The van der Waals surface area contributed by atoms with Gasteiger partial charge in [0.25, 0.3) is 5.91 Å². The van der Waals surface area contributed by atoms with Crippen molar-refractivity contribution in [2.24, 2.45) is 0 Å². The Kier molecular flexibility index (Phi) is 6.91. The predicted octanol–water partition coefficient (Wildman–Crippen LogP) is 3.11. The number of pyridine rings is 2. The van der Waals surface area contributed by atoms with Gasteiger partial charge in [0, 0.05) is 48.1 Å². The Morgan fingerprint density at radius 1 is 1.25 bits per heavy atom. The number of rotatable bonds is 8. The van der Waals surface area contributed by atoms with Crippen molar-refractivity contribution in [3.63, 3.8) is 0 Å². The van der Waals surface area contributed by atoms with Crippen molar-refractivity contribution in [1.29, 1.82) is 0 Å². The predicted molar refractivity (Wildman–Crippen MR) is 116 cm³/mol. The fourth-order valence-corrected chi connectivity index (χ4v) is 3.64. The molecule has 1 aliphatic heterocycles. The van der Waals surface area contributed by atoms with Crippen LogP contribution < -0.4 is 14.8 Å². The monoisotopic (exact) mass is 437 g/mol. The summed E-state index contributed by atoms with van der Waals surface area (Å²) >= 11 is 0. The lowest BCUT2D eigenvalue weighted by molar-refractivity contribution is 0.0915. The maximum absolute atomic E-state index is 12.6. The summed E-state index contributed by atoms with van der Waals surface area (Å²) in [5.41, 5.74) is 3.49. The molecule has 0 saturated carbocycles. The van der Waals surface area contributed by atoms with E-state index in [1.807, 2.05) is 12.1 Å². The molecular weight excluding hydrogens is 413 g/mol. The van der Waals surface area contributed by atoms with Gasteiger partial charge >= 0.3 is 0 Å². The lowest BCUT2D eigenvalue weighted by Crippen LogP contribution is -2.42.